The number of benzene rings is 1. The third-order valence-corrected chi connectivity index (χ3v) is 2.66. The number of likely N-dealkylation sites (N-methyl/N-ethyl adjacent to an activating group) is 1. The lowest BCUT2D eigenvalue weighted by Crippen LogP contribution is -2.34. The van der Waals surface area contributed by atoms with Crippen LogP contribution in [0.4, 0.5) is 5.69 Å². The highest BCUT2D eigenvalue weighted by molar-refractivity contribution is 5.52. The topological polar surface area (TPSA) is 58.7 Å². The van der Waals surface area contributed by atoms with Gasteiger partial charge < -0.3 is 20.5 Å². The van der Waals surface area contributed by atoms with E-state index in [4.69, 9.17) is 10.5 Å². The van der Waals surface area contributed by atoms with Crippen molar-refractivity contribution in [3.05, 3.63) is 23.8 Å². The van der Waals surface area contributed by atoms with Gasteiger partial charge in [0.05, 0.1) is 12.7 Å². The van der Waals surface area contributed by atoms with Crippen LogP contribution in [0.2, 0.25) is 0 Å². The molecule has 1 atom stereocenters. The molecule has 0 bridgehead atoms. The number of nitrogens with zero attached hydrogens (tertiary/aromatic N) is 1. The Labute approximate surface area is 103 Å². The summed E-state index contributed by atoms with van der Waals surface area (Å²) in [6, 6.07) is 5.99. The molecule has 0 aliphatic rings. The van der Waals surface area contributed by atoms with E-state index in [9.17, 15) is 5.11 Å². The van der Waals surface area contributed by atoms with Crippen molar-refractivity contribution >= 4 is 5.69 Å². The van der Waals surface area contributed by atoms with Gasteiger partial charge in [0.25, 0.3) is 0 Å². The summed E-state index contributed by atoms with van der Waals surface area (Å²) >= 11 is 0. The quantitative estimate of drug-likeness (QED) is 0.780. The molecule has 0 aliphatic heterocycles. The maximum atomic E-state index is 9.51. The van der Waals surface area contributed by atoms with E-state index in [1.807, 2.05) is 44.0 Å². The molecule has 0 aromatic heterocycles. The minimum atomic E-state index is -0.494. The van der Waals surface area contributed by atoms with Crippen molar-refractivity contribution < 1.29 is 9.84 Å². The van der Waals surface area contributed by atoms with Gasteiger partial charge in [-0.2, -0.15) is 0 Å². The van der Waals surface area contributed by atoms with Gasteiger partial charge in [0.1, 0.15) is 5.75 Å². The molecule has 0 spiro atoms. The summed E-state index contributed by atoms with van der Waals surface area (Å²) in [7, 11) is 1.94. The smallest absolute Gasteiger partial charge is 0.122 e. The highest BCUT2D eigenvalue weighted by Crippen LogP contribution is 2.23. The van der Waals surface area contributed by atoms with Crippen LogP contribution >= 0.6 is 0 Å². The zero-order valence-electron chi connectivity index (χ0n) is 10.8. The van der Waals surface area contributed by atoms with E-state index in [0.717, 1.165) is 17.0 Å². The maximum absolute atomic E-state index is 9.51. The fourth-order valence-corrected chi connectivity index (χ4v) is 1.68. The van der Waals surface area contributed by atoms with Gasteiger partial charge in [-0.05, 0) is 37.6 Å². The average molecular weight is 238 g/mol. The van der Waals surface area contributed by atoms with Gasteiger partial charge in [-0.3, -0.25) is 0 Å². The Balaban J connectivity index is 2.75. The summed E-state index contributed by atoms with van der Waals surface area (Å²) in [5.41, 5.74) is 7.55. The number of aryl methyl sites for hydroxylation is 1. The highest BCUT2D eigenvalue weighted by atomic mass is 16.5. The van der Waals surface area contributed by atoms with Gasteiger partial charge in [0.15, 0.2) is 0 Å². The Morgan fingerprint density at radius 1 is 1.47 bits per heavy atom. The first-order chi connectivity index (χ1) is 8.08. The molecule has 0 radical (unpaired) electrons. The molecule has 0 fully saturated rings. The lowest BCUT2D eigenvalue weighted by molar-refractivity contribution is 0.189. The summed E-state index contributed by atoms with van der Waals surface area (Å²) in [6.07, 6.45) is -0.494. The third-order valence-electron chi connectivity index (χ3n) is 2.66. The second-order valence-electron chi connectivity index (χ2n) is 4.15. The van der Waals surface area contributed by atoms with E-state index in [2.05, 4.69) is 0 Å². The Hall–Kier alpha value is -1.26. The zero-order valence-corrected chi connectivity index (χ0v) is 10.8. The summed E-state index contributed by atoms with van der Waals surface area (Å²) in [6.45, 7) is 5.46. The Kier molecular flexibility index (Phi) is 5.25. The summed E-state index contributed by atoms with van der Waals surface area (Å²) in [5, 5.41) is 9.51. The molecule has 1 aromatic carbocycles. The zero-order chi connectivity index (χ0) is 12.8. The van der Waals surface area contributed by atoms with Gasteiger partial charge in [0.2, 0.25) is 0 Å². The van der Waals surface area contributed by atoms with Crippen LogP contribution in [0.25, 0.3) is 0 Å². The second-order valence-corrected chi connectivity index (χ2v) is 4.15. The van der Waals surface area contributed by atoms with Crippen molar-refractivity contribution in [2.45, 2.75) is 20.0 Å². The van der Waals surface area contributed by atoms with E-state index >= 15 is 0 Å². The van der Waals surface area contributed by atoms with E-state index < -0.39 is 6.10 Å². The van der Waals surface area contributed by atoms with Crippen LogP contribution in [0.1, 0.15) is 12.5 Å². The number of rotatable bonds is 6. The highest BCUT2D eigenvalue weighted by Gasteiger charge is 2.08. The van der Waals surface area contributed by atoms with Crippen LogP contribution in [-0.4, -0.2) is 38.0 Å². The van der Waals surface area contributed by atoms with E-state index in [0.29, 0.717) is 13.2 Å². The minimum Gasteiger partial charge on any atom is -0.494 e. The molecule has 17 heavy (non-hydrogen) atoms. The van der Waals surface area contributed by atoms with Crippen molar-refractivity contribution in [3.63, 3.8) is 0 Å². The molecule has 1 rings (SSSR count). The largest absolute Gasteiger partial charge is 0.494 e. The molecule has 96 valence electrons. The summed E-state index contributed by atoms with van der Waals surface area (Å²) in [4.78, 5) is 1.99. The van der Waals surface area contributed by atoms with Gasteiger partial charge in [-0.25, -0.2) is 0 Å². The van der Waals surface area contributed by atoms with Gasteiger partial charge >= 0.3 is 0 Å². The first-order valence-corrected chi connectivity index (χ1v) is 5.91. The van der Waals surface area contributed by atoms with Crippen molar-refractivity contribution in [2.75, 3.05) is 31.6 Å². The molecular formula is C13H22N2O2. The molecular weight excluding hydrogens is 216 g/mol. The molecule has 1 unspecified atom stereocenters. The predicted molar refractivity (Wildman–Crippen MR) is 70.7 cm³/mol. The van der Waals surface area contributed by atoms with Gasteiger partial charge in [0, 0.05) is 25.8 Å². The van der Waals surface area contributed by atoms with Crippen LogP contribution in [0, 0.1) is 6.92 Å². The normalized spacial score (nSPS) is 12.3. The molecule has 1 aromatic rings. The fraction of sp³-hybridized carbons (Fsp3) is 0.538. The molecule has 0 saturated carbocycles. The Morgan fingerprint density at radius 2 is 2.18 bits per heavy atom. The van der Waals surface area contributed by atoms with Crippen molar-refractivity contribution in [1.29, 1.82) is 0 Å². The Bertz CT molecular complexity index is 355. The maximum Gasteiger partial charge on any atom is 0.122 e. The number of hydrogen-bond acceptors (Lipinski definition) is 4. The summed E-state index contributed by atoms with van der Waals surface area (Å²) in [5.74, 6) is 0.907. The van der Waals surface area contributed by atoms with Crippen LogP contribution in [0.15, 0.2) is 18.2 Å². The van der Waals surface area contributed by atoms with Crippen molar-refractivity contribution in [3.8, 4) is 5.75 Å². The second kappa shape index (κ2) is 6.47. The Morgan fingerprint density at radius 3 is 2.71 bits per heavy atom. The van der Waals surface area contributed by atoms with Crippen LogP contribution in [0.3, 0.4) is 0 Å². The first-order valence-electron chi connectivity index (χ1n) is 5.91. The molecule has 3 N–H and O–H groups in total. The molecule has 4 nitrogen and oxygen atoms in total. The van der Waals surface area contributed by atoms with Crippen LogP contribution < -0.4 is 15.4 Å². The van der Waals surface area contributed by atoms with Gasteiger partial charge in [-0.15, -0.1) is 0 Å². The number of aliphatic hydroxyl groups is 1. The minimum absolute atomic E-state index is 0.278. The molecule has 0 heterocycles. The lowest BCUT2D eigenvalue weighted by Gasteiger charge is -2.23. The number of aliphatic hydroxyl groups excluding tert-OH is 1. The number of ether oxygens (including phenoxy) is 1. The van der Waals surface area contributed by atoms with Crippen molar-refractivity contribution in [2.24, 2.45) is 5.73 Å². The third kappa shape index (κ3) is 3.91. The first kappa shape index (κ1) is 13.8. The summed E-state index contributed by atoms with van der Waals surface area (Å²) < 4.78 is 5.49. The van der Waals surface area contributed by atoms with E-state index in [-0.39, 0.29) is 6.54 Å². The predicted octanol–water partition coefficient (Wildman–Crippen LogP) is 1.15. The van der Waals surface area contributed by atoms with E-state index in [1.165, 1.54) is 0 Å². The lowest BCUT2D eigenvalue weighted by atomic mass is 10.2. The van der Waals surface area contributed by atoms with Crippen LogP contribution in [0.5, 0.6) is 5.75 Å². The fourth-order valence-electron chi connectivity index (χ4n) is 1.68. The van der Waals surface area contributed by atoms with Crippen LogP contribution in [-0.2, 0) is 0 Å². The molecule has 0 saturated heterocycles. The average Bonchev–Trinajstić information content (AvgIpc) is 2.31. The van der Waals surface area contributed by atoms with Gasteiger partial charge in [-0.1, -0.05) is 0 Å². The number of hydrogen-bond donors (Lipinski definition) is 2. The number of nitrogens with two attached hydrogens (primary N) is 1. The SMILES string of the molecule is CCOc1ccc(N(C)CC(O)CN)cc1C. The molecule has 0 aliphatic carbocycles. The monoisotopic (exact) mass is 238 g/mol. The van der Waals surface area contributed by atoms with Crippen molar-refractivity contribution in [1.82, 2.24) is 0 Å². The molecule has 4 heteroatoms. The van der Waals surface area contributed by atoms with E-state index in [1.54, 1.807) is 0 Å². The number of anilines is 1. The standard InChI is InChI=1S/C13H22N2O2/c1-4-17-13-6-5-11(7-10(13)2)15(3)9-12(16)8-14/h5-7,12,16H,4,8-9,14H2,1-3H3. The molecule has 0 amide bonds.